The summed E-state index contributed by atoms with van der Waals surface area (Å²) in [4.78, 5) is 23.2. The van der Waals surface area contributed by atoms with E-state index in [2.05, 4.69) is 15.3 Å². The SMILES string of the molecule is CCN(C(=O)c1cc(C)nc(Nc2ccc(F)c(Cl)c2)n1)c1ccccc1. The van der Waals surface area contributed by atoms with Crippen LogP contribution < -0.4 is 10.2 Å². The Morgan fingerprint density at radius 2 is 1.89 bits per heavy atom. The van der Waals surface area contributed by atoms with E-state index in [0.717, 1.165) is 5.69 Å². The molecule has 0 saturated heterocycles. The maximum Gasteiger partial charge on any atom is 0.277 e. The van der Waals surface area contributed by atoms with Crippen LogP contribution in [-0.4, -0.2) is 22.4 Å². The molecule has 0 aliphatic heterocycles. The largest absolute Gasteiger partial charge is 0.324 e. The average Bonchev–Trinajstić information content (AvgIpc) is 2.66. The lowest BCUT2D eigenvalue weighted by molar-refractivity contribution is 0.0983. The first kappa shape index (κ1) is 18.8. The molecule has 138 valence electrons. The highest BCUT2D eigenvalue weighted by molar-refractivity contribution is 6.31. The summed E-state index contributed by atoms with van der Waals surface area (Å²) < 4.78 is 13.3. The standard InChI is InChI=1S/C20H18ClFN4O/c1-3-26(15-7-5-4-6-8-15)19(27)18-11-13(2)23-20(25-18)24-14-9-10-17(22)16(21)12-14/h4-12H,3H2,1-2H3,(H,23,24,25). The number of aryl methyl sites for hydroxylation is 1. The zero-order valence-corrected chi connectivity index (χ0v) is 15.7. The van der Waals surface area contributed by atoms with Gasteiger partial charge in [0.1, 0.15) is 11.5 Å². The third-order valence-electron chi connectivity index (χ3n) is 3.88. The Balaban J connectivity index is 1.90. The second-order valence-electron chi connectivity index (χ2n) is 5.86. The quantitative estimate of drug-likeness (QED) is 0.673. The normalized spacial score (nSPS) is 10.5. The van der Waals surface area contributed by atoms with Crippen molar-refractivity contribution in [3.8, 4) is 0 Å². The number of rotatable bonds is 5. The van der Waals surface area contributed by atoms with Crippen LogP contribution in [0.25, 0.3) is 0 Å². The first-order chi connectivity index (χ1) is 13.0. The summed E-state index contributed by atoms with van der Waals surface area (Å²) >= 11 is 5.80. The molecule has 0 spiro atoms. The first-order valence-corrected chi connectivity index (χ1v) is 8.80. The minimum atomic E-state index is -0.510. The van der Waals surface area contributed by atoms with Crippen molar-refractivity contribution in [1.82, 2.24) is 9.97 Å². The Bertz CT molecular complexity index is 965. The van der Waals surface area contributed by atoms with Gasteiger partial charge < -0.3 is 10.2 Å². The van der Waals surface area contributed by atoms with Crippen LogP contribution in [0.15, 0.2) is 54.6 Å². The molecule has 1 aromatic heterocycles. The number of carbonyl (C=O) groups is 1. The fourth-order valence-corrected chi connectivity index (χ4v) is 2.81. The van der Waals surface area contributed by atoms with Crippen LogP contribution in [-0.2, 0) is 0 Å². The van der Waals surface area contributed by atoms with Crippen LogP contribution in [0.5, 0.6) is 0 Å². The van der Waals surface area contributed by atoms with E-state index in [4.69, 9.17) is 11.6 Å². The number of hydrogen-bond donors (Lipinski definition) is 1. The Kier molecular flexibility index (Phi) is 5.66. The lowest BCUT2D eigenvalue weighted by Crippen LogP contribution is -2.31. The first-order valence-electron chi connectivity index (χ1n) is 8.42. The highest BCUT2D eigenvalue weighted by Gasteiger charge is 2.19. The number of amides is 1. The van der Waals surface area contributed by atoms with Crippen LogP contribution in [0.4, 0.5) is 21.7 Å². The summed E-state index contributed by atoms with van der Waals surface area (Å²) in [7, 11) is 0. The number of hydrogen-bond acceptors (Lipinski definition) is 4. The summed E-state index contributed by atoms with van der Waals surface area (Å²) in [5.74, 6) is -0.496. The molecule has 7 heteroatoms. The predicted molar refractivity (Wildman–Crippen MR) is 105 cm³/mol. The maximum absolute atomic E-state index is 13.3. The number of nitrogens with zero attached hydrogens (tertiary/aromatic N) is 3. The van der Waals surface area contributed by atoms with Gasteiger partial charge in [-0.05, 0) is 50.2 Å². The van der Waals surface area contributed by atoms with Crippen molar-refractivity contribution in [2.45, 2.75) is 13.8 Å². The molecule has 0 aliphatic rings. The van der Waals surface area contributed by atoms with Gasteiger partial charge in [0.05, 0.1) is 5.02 Å². The topological polar surface area (TPSA) is 58.1 Å². The van der Waals surface area contributed by atoms with E-state index in [1.54, 1.807) is 17.9 Å². The molecule has 0 aliphatic carbocycles. The van der Waals surface area contributed by atoms with Crippen molar-refractivity contribution >= 4 is 34.8 Å². The molecule has 0 saturated carbocycles. The molecular formula is C20H18ClFN4O. The van der Waals surface area contributed by atoms with Crippen LogP contribution in [0, 0.1) is 12.7 Å². The molecule has 1 N–H and O–H groups in total. The highest BCUT2D eigenvalue weighted by Crippen LogP contribution is 2.22. The molecule has 0 atom stereocenters. The van der Waals surface area contributed by atoms with Crippen molar-refractivity contribution in [2.24, 2.45) is 0 Å². The number of nitrogens with one attached hydrogen (secondary N) is 1. The lowest BCUT2D eigenvalue weighted by Gasteiger charge is -2.21. The molecule has 0 radical (unpaired) electrons. The van der Waals surface area contributed by atoms with Gasteiger partial charge in [0.25, 0.3) is 5.91 Å². The smallest absolute Gasteiger partial charge is 0.277 e. The highest BCUT2D eigenvalue weighted by atomic mass is 35.5. The zero-order valence-electron chi connectivity index (χ0n) is 14.9. The minimum absolute atomic E-state index is 0.00908. The molecule has 0 fully saturated rings. The maximum atomic E-state index is 13.3. The summed E-state index contributed by atoms with van der Waals surface area (Å²) in [5, 5.41) is 2.95. The van der Waals surface area contributed by atoms with Crippen LogP contribution >= 0.6 is 11.6 Å². The van der Waals surface area contributed by atoms with Crippen LogP contribution in [0.2, 0.25) is 5.02 Å². The number of aromatic nitrogens is 2. The van der Waals surface area contributed by atoms with Gasteiger partial charge in [0, 0.05) is 23.6 Å². The summed E-state index contributed by atoms with van der Waals surface area (Å²) in [6.45, 7) is 4.18. The summed E-state index contributed by atoms with van der Waals surface area (Å²) in [5.41, 5.74) is 2.22. The van der Waals surface area contributed by atoms with Crippen molar-refractivity contribution in [1.29, 1.82) is 0 Å². The van der Waals surface area contributed by atoms with Gasteiger partial charge in [-0.15, -0.1) is 0 Å². The van der Waals surface area contributed by atoms with Gasteiger partial charge in [0.2, 0.25) is 5.95 Å². The summed E-state index contributed by atoms with van der Waals surface area (Å²) in [6, 6.07) is 15.2. The monoisotopic (exact) mass is 384 g/mol. The third kappa shape index (κ3) is 4.41. The van der Waals surface area contributed by atoms with E-state index in [0.29, 0.717) is 17.9 Å². The lowest BCUT2D eigenvalue weighted by atomic mass is 10.2. The molecule has 1 heterocycles. The van der Waals surface area contributed by atoms with Crippen LogP contribution in [0.3, 0.4) is 0 Å². The second kappa shape index (κ2) is 8.14. The van der Waals surface area contributed by atoms with Gasteiger partial charge in [0.15, 0.2) is 0 Å². The van der Waals surface area contributed by atoms with E-state index < -0.39 is 5.82 Å². The summed E-state index contributed by atoms with van der Waals surface area (Å²) in [6.07, 6.45) is 0. The fraction of sp³-hybridized carbons (Fsp3) is 0.150. The van der Waals surface area contributed by atoms with Gasteiger partial charge >= 0.3 is 0 Å². The van der Waals surface area contributed by atoms with E-state index in [9.17, 15) is 9.18 Å². The minimum Gasteiger partial charge on any atom is -0.324 e. The molecule has 2 aromatic carbocycles. The number of carbonyl (C=O) groups excluding carboxylic acids is 1. The second-order valence-corrected chi connectivity index (χ2v) is 6.26. The Morgan fingerprint density at radius 3 is 2.56 bits per heavy atom. The molecule has 0 bridgehead atoms. The number of benzene rings is 2. The molecular weight excluding hydrogens is 367 g/mol. The van der Waals surface area contributed by atoms with Crippen LogP contribution in [0.1, 0.15) is 23.1 Å². The molecule has 3 rings (SSSR count). The van der Waals surface area contributed by atoms with Crippen molar-refractivity contribution in [3.63, 3.8) is 0 Å². The van der Waals surface area contributed by atoms with Gasteiger partial charge in [-0.25, -0.2) is 14.4 Å². The van der Waals surface area contributed by atoms with Crippen molar-refractivity contribution in [2.75, 3.05) is 16.8 Å². The van der Waals surface area contributed by atoms with Gasteiger partial charge in [-0.3, -0.25) is 4.79 Å². The van der Waals surface area contributed by atoms with E-state index >= 15 is 0 Å². The van der Waals surface area contributed by atoms with Gasteiger partial charge in [-0.2, -0.15) is 0 Å². The molecule has 27 heavy (non-hydrogen) atoms. The molecule has 5 nitrogen and oxygen atoms in total. The average molecular weight is 385 g/mol. The fourth-order valence-electron chi connectivity index (χ4n) is 2.63. The third-order valence-corrected chi connectivity index (χ3v) is 4.17. The molecule has 3 aromatic rings. The number of para-hydroxylation sites is 1. The Hall–Kier alpha value is -2.99. The molecule has 1 amide bonds. The van der Waals surface area contributed by atoms with E-state index in [1.165, 1.54) is 18.2 Å². The van der Waals surface area contributed by atoms with E-state index in [1.807, 2.05) is 37.3 Å². The number of anilines is 3. The zero-order chi connectivity index (χ0) is 19.4. The molecule has 0 unspecified atom stereocenters. The van der Waals surface area contributed by atoms with Crippen molar-refractivity contribution < 1.29 is 9.18 Å². The van der Waals surface area contributed by atoms with Crippen molar-refractivity contribution in [3.05, 3.63) is 76.8 Å². The number of halogens is 2. The van der Waals surface area contributed by atoms with Gasteiger partial charge in [-0.1, -0.05) is 29.8 Å². The Morgan fingerprint density at radius 1 is 1.15 bits per heavy atom. The Labute approximate surface area is 161 Å². The predicted octanol–water partition coefficient (Wildman–Crippen LogP) is 4.99. The van der Waals surface area contributed by atoms with E-state index in [-0.39, 0.29) is 22.6 Å².